The molecule has 0 radical (unpaired) electrons. The lowest BCUT2D eigenvalue weighted by Gasteiger charge is -2.24. The van der Waals surface area contributed by atoms with Gasteiger partial charge in [0, 0.05) is 26.1 Å². The predicted octanol–water partition coefficient (Wildman–Crippen LogP) is 0.599. The number of fused-ring (bicyclic) bond motifs is 1. The molecular formula is C17H25N7O2. The molecule has 3 N–H and O–H groups in total. The van der Waals surface area contributed by atoms with Crippen LogP contribution in [-0.4, -0.2) is 57.4 Å². The van der Waals surface area contributed by atoms with E-state index in [-0.39, 0.29) is 23.3 Å². The molecule has 3 heterocycles. The third-order valence-electron chi connectivity index (χ3n) is 4.38. The average Bonchev–Trinajstić information content (AvgIpc) is 3.18. The highest BCUT2D eigenvalue weighted by Crippen LogP contribution is 2.28. The van der Waals surface area contributed by atoms with Gasteiger partial charge < -0.3 is 20.5 Å². The smallest absolute Gasteiger partial charge is 0.242 e. The van der Waals surface area contributed by atoms with Crippen LogP contribution < -0.4 is 15.5 Å². The number of anilines is 1. The Kier molecular flexibility index (Phi) is 4.80. The SMILES string of the molecule is CNC(=O)[C@@H]1C[C@@H](NC(=O)CC(C)(C)C)CN1c1ncnc2nc[nH]c12. The number of H-pyrrole nitrogens is 1. The van der Waals surface area contributed by atoms with E-state index in [1.54, 1.807) is 13.4 Å². The fraction of sp³-hybridized carbons (Fsp3) is 0.588. The Labute approximate surface area is 152 Å². The van der Waals surface area contributed by atoms with E-state index in [0.29, 0.717) is 36.4 Å². The third-order valence-corrected chi connectivity index (χ3v) is 4.38. The van der Waals surface area contributed by atoms with Gasteiger partial charge in [-0.2, -0.15) is 0 Å². The highest BCUT2D eigenvalue weighted by molar-refractivity contribution is 5.90. The van der Waals surface area contributed by atoms with Crippen molar-refractivity contribution in [2.75, 3.05) is 18.5 Å². The number of amides is 2. The number of carbonyl (C=O) groups excluding carboxylic acids is 2. The fourth-order valence-electron chi connectivity index (χ4n) is 3.32. The van der Waals surface area contributed by atoms with Gasteiger partial charge in [-0.25, -0.2) is 15.0 Å². The maximum atomic E-state index is 12.4. The molecule has 1 saturated heterocycles. The first kappa shape index (κ1) is 18.1. The second-order valence-electron chi connectivity index (χ2n) is 7.82. The maximum absolute atomic E-state index is 12.4. The van der Waals surface area contributed by atoms with Crippen LogP contribution in [0.1, 0.15) is 33.6 Å². The summed E-state index contributed by atoms with van der Waals surface area (Å²) < 4.78 is 0. The van der Waals surface area contributed by atoms with Gasteiger partial charge in [0.15, 0.2) is 11.5 Å². The maximum Gasteiger partial charge on any atom is 0.242 e. The van der Waals surface area contributed by atoms with E-state index < -0.39 is 6.04 Å². The normalized spacial score (nSPS) is 20.4. The van der Waals surface area contributed by atoms with Crippen LogP contribution in [0, 0.1) is 5.41 Å². The molecular weight excluding hydrogens is 334 g/mol. The summed E-state index contributed by atoms with van der Waals surface area (Å²) in [6.45, 7) is 6.57. The fourth-order valence-corrected chi connectivity index (χ4v) is 3.32. The Morgan fingerprint density at radius 3 is 2.77 bits per heavy atom. The highest BCUT2D eigenvalue weighted by atomic mass is 16.2. The summed E-state index contributed by atoms with van der Waals surface area (Å²) >= 11 is 0. The van der Waals surface area contributed by atoms with Crippen molar-refractivity contribution in [2.45, 2.75) is 45.7 Å². The highest BCUT2D eigenvalue weighted by Gasteiger charge is 2.39. The number of nitrogens with zero attached hydrogens (tertiary/aromatic N) is 4. The van der Waals surface area contributed by atoms with E-state index in [1.165, 1.54) is 6.33 Å². The van der Waals surface area contributed by atoms with Crippen LogP contribution in [0.3, 0.4) is 0 Å². The number of hydrogen-bond donors (Lipinski definition) is 3. The van der Waals surface area contributed by atoms with E-state index >= 15 is 0 Å². The number of carbonyl (C=O) groups is 2. The average molecular weight is 359 g/mol. The first-order valence-corrected chi connectivity index (χ1v) is 8.70. The van der Waals surface area contributed by atoms with Crippen LogP contribution in [0.25, 0.3) is 11.2 Å². The standard InChI is InChI=1S/C17H25N7O2/c1-17(2,3)6-12(25)23-10-5-11(16(26)18-4)24(7-10)15-13-14(20-8-19-13)21-9-22-15/h8-11H,5-7H2,1-4H3,(H,18,26)(H,23,25)(H,19,20,21,22)/t10-,11+/m1/s1. The second kappa shape index (κ2) is 6.89. The molecule has 0 saturated carbocycles. The first-order valence-electron chi connectivity index (χ1n) is 8.70. The third kappa shape index (κ3) is 3.76. The van der Waals surface area contributed by atoms with Crippen molar-refractivity contribution in [3.63, 3.8) is 0 Å². The zero-order chi connectivity index (χ0) is 18.9. The Bertz CT molecular complexity index is 811. The van der Waals surface area contributed by atoms with Gasteiger partial charge >= 0.3 is 0 Å². The molecule has 3 rings (SSSR count). The van der Waals surface area contributed by atoms with Crippen LogP contribution in [0.15, 0.2) is 12.7 Å². The quantitative estimate of drug-likeness (QED) is 0.736. The summed E-state index contributed by atoms with van der Waals surface area (Å²) in [5, 5.41) is 5.75. The van der Waals surface area contributed by atoms with E-state index in [4.69, 9.17) is 0 Å². The molecule has 1 fully saturated rings. The minimum atomic E-state index is -0.415. The van der Waals surface area contributed by atoms with Crippen molar-refractivity contribution in [3.05, 3.63) is 12.7 Å². The Balaban J connectivity index is 1.83. The Morgan fingerprint density at radius 2 is 2.08 bits per heavy atom. The molecule has 2 aromatic rings. The van der Waals surface area contributed by atoms with E-state index in [0.717, 1.165) is 0 Å². The lowest BCUT2D eigenvalue weighted by Crippen LogP contribution is -2.42. The molecule has 9 nitrogen and oxygen atoms in total. The lowest BCUT2D eigenvalue weighted by molar-refractivity contribution is -0.124. The monoisotopic (exact) mass is 359 g/mol. The van der Waals surface area contributed by atoms with Crippen LogP contribution >= 0.6 is 0 Å². The number of aromatic nitrogens is 4. The van der Waals surface area contributed by atoms with E-state index in [9.17, 15) is 9.59 Å². The van der Waals surface area contributed by atoms with Gasteiger partial charge in [0.25, 0.3) is 0 Å². The zero-order valence-electron chi connectivity index (χ0n) is 15.5. The van der Waals surface area contributed by atoms with Gasteiger partial charge in [0.1, 0.15) is 17.9 Å². The topological polar surface area (TPSA) is 116 Å². The number of rotatable bonds is 4. The van der Waals surface area contributed by atoms with E-state index in [2.05, 4.69) is 30.6 Å². The molecule has 9 heteroatoms. The molecule has 2 atom stereocenters. The van der Waals surface area contributed by atoms with Gasteiger partial charge in [-0.05, 0) is 11.8 Å². The molecule has 2 aromatic heterocycles. The summed E-state index contributed by atoms with van der Waals surface area (Å²) in [6.07, 6.45) is 3.95. The molecule has 0 spiro atoms. The van der Waals surface area contributed by atoms with Crippen molar-refractivity contribution in [3.8, 4) is 0 Å². The van der Waals surface area contributed by atoms with Crippen LogP contribution in [0.2, 0.25) is 0 Å². The summed E-state index contributed by atoms with van der Waals surface area (Å²) in [6, 6.07) is -0.540. The zero-order valence-corrected chi connectivity index (χ0v) is 15.5. The number of hydrogen-bond acceptors (Lipinski definition) is 6. The van der Waals surface area contributed by atoms with Crippen molar-refractivity contribution in [1.29, 1.82) is 0 Å². The molecule has 140 valence electrons. The molecule has 0 bridgehead atoms. The molecule has 0 aromatic carbocycles. The van der Waals surface area contributed by atoms with Crippen LogP contribution in [-0.2, 0) is 9.59 Å². The lowest BCUT2D eigenvalue weighted by atomic mass is 9.92. The molecule has 1 aliphatic rings. The minimum absolute atomic E-state index is 0.00520. The molecule has 26 heavy (non-hydrogen) atoms. The van der Waals surface area contributed by atoms with Gasteiger partial charge in [-0.1, -0.05) is 20.8 Å². The van der Waals surface area contributed by atoms with E-state index in [1.807, 2.05) is 25.7 Å². The van der Waals surface area contributed by atoms with Crippen LogP contribution in [0.5, 0.6) is 0 Å². The van der Waals surface area contributed by atoms with Crippen molar-refractivity contribution < 1.29 is 9.59 Å². The Hall–Kier alpha value is -2.71. The summed E-state index contributed by atoms with van der Waals surface area (Å²) in [5.41, 5.74) is 1.14. The van der Waals surface area contributed by atoms with Gasteiger partial charge in [0.2, 0.25) is 11.8 Å². The number of aromatic amines is 1. The minimum Gasteiger partial charge on any atom is -0.357 e. The van der Waals surface area contributed by atoms with Crippen molar-refractivity contribution in [2.24, 2.45) is 5.41 Å². The summed E-state index contributed by atoms with van der Waals surface area (Å²) in [5.74, 6) is 0.506. The predicted molar refractivity (Wildman–Crippen MR) is 97.5 cm³/mol. The number of nitrogens with one attached hydrogen (secondary N) is 3. The molecule has 2 amide bonds. The largest absolute Gasteiger partial charge is 0.357 e. The number of likely N-dealkylation sites (N-methyl/N-ethyl adjacent to an activating group) is 1. The summed E-state index contributed by atoms with van der Waals surface area (Å²) in [7, 11) is 1.61. The van der Waals surface area contributed by atoms with Gasteiger partial charge in [-0.3, -0.25) is 9.59 Å². The van der Waals surface area contributed by atoms with Crippen LogP contribution in [0.4, 0.5) is 5.82 Å². The first-order chi connectivity index (χ1) is 12.3. The second-order valence-corrected chi connectivity index (χ2v) is 7.82. The van der Waals surface area contributed by atoms with Gasteiger partial charge in [0.05, 0.1) is 6.33 Å². The number of imidazole rings is 1. The van der Waals surface area contributed by atoms with Crippen molar-refractivity contribution in [1.82, 2.24) is 30.6 Å². The Morgan fingerprint density at radius 1 is 1.31 bits per heavy atom. The van der Waals surface area contributed by atoms with Crippen molar-refractivity contribution >= 4 is 28.8 Å². The van der Waals surface area contributed by atoms with Gasteiger partial charge in [-0.15, -0.1) is 0 Å². The molecule has 0 unspecified atom stereocenters. The summed E-state index contributed by atoms with van der Waals surface area (Å²) in [4.78, 5) is 42.3. The molecule has 1 aliphatic heterocycles. The molecule has 0 aliphatic carbocycles.